The topological polar surface area (TPSA) is 78.6 Å². The lowest BCUT2D eigenvalue weighted by atomic mass is 9.90. The number of nitrogens with zero attached hydrogens (tertiary/aromatic N) is 3. The number of halogens is 6. The van der Waals surface area contributed by atoms with Gasteiger partial charge in [-0.15, -0.1) is 11.8 Å². The van der Waals surface area contributed by atoms with Gasteiger partial charge in [0.2, 0.25) is 0 Å². The SMILES string of the molecule is C[C@@H](SC1COC(/C=C/c2ccc(OCC(F)(F)C(F)F)cc2)OC1)[C@](O)(Cn1cncn1)c1ccc(F)cc1F. The summed E-state index contributed by atoms with van der Waals surface area (Å²) in [4.78, 5) is 3.86. The Labute approximate surface area is 236 Å². The van der Waals surface area contributed by atoms with Gasteiger partial charge in [0.05, 0.1) is 25.0 Å². The molecule has 0 saturated carbocycles. The number of hydrogen-bond donors (Lipinski definition) is 1. The Bertz CT molecular complexity index is 1290. The average Bonchev–Trinajstić information content (AvgIpc) is 3.44. The van der Waals surface area contributed by atoms with Crippen LogP contribution in [0.1, 0.15) is 18.1 Å². The zero-order valence-electron chi connectivity index (χ0n) is 21.7. The monoisotopic (exact) mass is 603 g/mol. The second-order valence-corrected chi connectivity index (χ2v) is 11.0. The van der Waals surface area contributed by atoms with Crippen molar-refractivity contribution in [3.63, 3.8) is 0 Å². The Balaban J connectivity index is 1.32. The van der Waals surface area contributed by atoms with Crippen molar-refractivity contribution in [3.05, 3.63) is 84.0 Å². The molecule has 41 heavy (non-hydrogen) atoms. The number of hydrogen-bond acceptors (Lipinski definition) is 7. The van der Waals surface area contributed by atoms with E-state index in [9.17, 15) is 31.4 Å². The molecule has 14 heteroatoms. The summed E-state index contributed by atoms with van der Waals surface area (Å²) in [6, 6.07) is 8.88. The van der Waals surface area contributed by atoms with Crippen molar-refractivity contribution in [2.75, 3.05) is 19.8 Å². The Morgan fingerprint density at radius 3 is 2.46 bits per heavy atom. The molecule has 4 rings (SSSR count). The standard InChI is InChI=1S/C27H27F6N3O4S/c1-17(26(37,13-36-16-34-15-35-36)22-8-5-19(28)10-23(22)29)41-21-11-38-24(39-12-21)9-4-18-2-6-20(7-3-18)40-14-27(32,33)25(30)31/h2-10,15-17,21,24-25,37H,11-14H2,1H3/b9-4+/t17-,21?,24?,26-/m1/s1. The second-order valence-electron chi connectivity index (χ2n) is 9.36. The van der Waals surface area contributed by atoms with Crippen LogP contribution >= 0.6 is 11.8 Å². The van der Waals surface area contributed by atoms with Crippen LogP contribution in [0.15, 0.2) is 61.2 Å². The molecule has 1 saturated heterocycles. The van der Waals surface area contributed by atoms with E-state index < -0.39 is 47.7 Å². The maximum Gasteiger partial charge on any atom is 0.340 e. The van der Waals surface area contributed by atoms with Crippen LogP contribution in [0.25, 0.3) is 6.08 Å². The van der Waals surface area contributed by atoms with Crippen LogP contribution in [0.3, 0.4) is 0 Å². The van der Waals surface area contributed by atoms with E-state index >= 15 is 0 Å². The Hall–Kier alpha value is -3.07. The molecule has 2 heterocycles. The molecule has 0 spiro atoms. The number of aliphatic hydroxyl groups is 1. The van der Waals surface area contributed by atoms with Crippen LogP contribution in [0.2, 0.25) is 0 Å². The molecule has 2 aromatic carbocycles. The molecule has 222 valence electrons. The lowest BCUT2D eigenvalue weighted by Gasteiger charge is -2.37. The number of rotatable bonds is 12. The van der Waals surface area contributed by atoms with Gasteiger partial charge in [-0.05, 0) is 29.8 Å². The Morgan fingerprint density at radius 1 is 1.15 bits per heavy atom. The predicted molar refractivity (Wildman–Crippen MR) is 139 cm³/mol. The normalized spacial score (nSPS) is 20.3. The first-order chi connectivity index (χ1) is 19.5. The maximum absolute atomic E-state index is 14.8. The highest BCUT2D eigenvalue weighted by atomic mass is 32.2. The minimum absolute atomic E-state index is 0.0194. The predicted octanol–water partition coefficient (Wildman–Crippen LogP) is 5.30. The van der Waals surface area contributed by atoms with Gasteiger partial charge in [0.1, 0.15) is 35.6 Å². The first-order valence-electron chi connectivity index (χ1n) is 12.4. The lowest BCUT2D eigenvalue weighted by Crippen LogP contribution is -2.43. The van der Waals surface area contributed by atoms with Crippen LogP contribution in [-0.4, -0.2) is 68.8 Å². The van der Waals surface area contributed by atoms with Crippen LogP contribution in [0.5, 0.6) is 5.75 Å². The van der Waals surface area contributed by atoms with Gasteiger partial charge < -0.3 is 19.3 Å². The van der Waals surface area contributed by atoms with E-state index in [-0.39, 0.29) is 36.3 Å². The van der Waals surface area contributed by atoms with Gasteiger partial charge in [0.15, 0.2) is 12.9 Å². The zero-order valence-corrected chi connectivity index (χ0v) is 22.5. The molecule has 2 atom stereocenters. The van der Waals surface area contributed by atoms with Crippen molar-refractivity contribution >= 4 is 17.8 Å². The molecule has 0 amide bonds. The third-order valence-electron chi connectivity index (χ3n) is 6.31. The number of alkyl halides is 4. The number of ether oxygens (including phenoxy) is 3. The van der Waals surface area contributed by atoms with Gasteiger partial charge in [-0.3, -0.25) is 0 Å². The van der Waals surface area contributed by atoms with E-state index in [1.54, 1.807) is 31.2 Å². The third-order valence-corrected chi connectivity index (χ3v) is 7.76. The molecule has 1 aliphatic rings. The molecular formula is C27H27F6N3O4S. The smallest absolute Gasteiger partial charge is 0.340 e. The van der Waals surface area contributed by atoms with Gasteiger partial charge in [-0.25, -0.2) is 27.2 Å². The highest BCUT2D eigenvalue weighted by molar-refractivity contribution is 8.00. The summed E-state index contributed by atoms with van der Waals surface area (Å²) in [5.41, 5.74) is -1.18. The van der Waals surface area contributed by atoms with E-state index in [4.69, 9.17) is 14.2 Å². The quantitative estimate of drug-likeness (QED) is 0.282. The van der Waals surface area contributed by atoms with Crippen LogP contribution in [0.4, 0.5) is 26.3 Å². The molecule has 1 aromatic heterocycles. The summed E-state index contributed by atoms with van der Waals surface area (Å²) < 4.78 is 96.5. The summed E-state index contributed by atoms with van der Waals surface area (Å²) in [6.07, 6.45) is 1.49. The minimum atomic E-state index is -4.24. The van der Waals surface area contributed by atoms with Gasteiger partial charge in [0, 0.05) is 16.9 Å². The highest BCUT2D eigenvalue weighted by Gasteiger charge is 2.42. The Kier molecular flexibility index (Phi) is 10.00. The Morgan fingerprint density at radius 2 is 1.85 bits per heavy atom. The fourth-order valence-electron chi connectivity index (χ4n) is 4.03. The third kappa shape index (κ3) is 8.03. The molecule has 0 radical (unpaired) electrons. The first-order valence-corrected chi connectivity index (χ1v) is 13.4. The molecule has 0 aliphatic carbocycles. The van der Waals surface area contributed by atoms with E-state index in [1.807, 2.05) is 0 Å². The van der Waals surface area contributed by atoms with Crippen molar-refractivity contribution < 1.29 is 45.7 Å². The summed E-state index contributed by atoms with van der Waals surface area (Å²) in [5.74, 6) is -5.87. The van der Waals surface area contributed by atoms with Gasteiger partial charge in [0.25, 0.3) is 0 Å². The maximum atomic E-state index is 14.8. The van der Waals surface area contributed by atoms with Gasteiger partial charge in [-0.1, -0.05) is 31.2 Å². The number of aromatic nitrogens is 3. The largest absolute Gasteiger partial charge is 0.487 e. The molecule has 0 bridgehead atoms. The van der Waals surface area contributed by atoms with Gasteiger partial charge in [-0.2, -0.15) is 13.9 Å². The second kappa shape index (κ2) is 13.3. The lowest BCUT2D eigenvalue weighted by molar-refractivity contribution is -0.148. The van der Waals surface area contributed by atoms with E-state index in [0.717, 1.165) is 12.1 Å². The number of benzene rings is 2. The summed E-state index contributed by atoms with van der Waals surface area (Å²) in [6.45, 7) is 0.666. The van der Waals surface area contributed by atoms with Crippen LogP contribution in [-0.2, 0) is 21.6 Å². The molecule has 7 nitrogen and oxygen atoms in total. The molecule has 3 aromatic rings. The highest BCUT2D eigenvalue weighted by Crippen LogP contribution is 2.38. The van der Waals surface area contributed by atoms with Crippen LogP contribution < -0.4 is 4.74 Å². The minimum Gasteiger partial charge on any atom is -0.487 e. The number of thioether (sulfide) groups is 1. The summed E-state index contributed by atoms with van der Waals surface area (Å²) in [7, 11) is 0. The fraction of sp³-hybridized carbons (Fsp3) is 0.407. The molecule has 1 fully saturated rings. The molecule has 1 N–H and O–H groups in total. The van der Waals surface area contributed by atoms with Crippen molar-refractivity contribution in [1.29, 1.82) is 0 Å². The zero-order chi connectivity index (χ0) is 29.6. The summed E-state index contributed by atoms with van der Waals surface area (Å²) >= 11 is 1.32. The molecule has 0 unspecified atom stereocenters. The van der Waals surface area contributed by atoms with Crippen molar-refractivity contribution in [3.8, 4) is 5.75 Å². The van der Waals surface area contributed by atoms with E-state index in [2.05, 4.69) is 10.1 Å². The first kappa shape index (κ1) is 30.9. The fourth-order valence-corrected chi connectivity index (χ4v) is 5.35. The van der Waals surface area contributed by atoms with E-state index in [1.165, 1.54) is 47.3 Å². The van der Waals surface area contributed by atoms with Crippen molar-refractivity contribution in [2.24, 2.45) is 0 Å². The van der Waals surface area contributed by atoms with Crippen LogP contribution in [0, 0.1) is 11.6 Å². The average molecular weight is 604 g/mol. The van der Waals surface area contributed by atoms with Crippen molar-refractivity contribution in [1.82, 2.24) is 14.8 Å². The van der Waals surface area contributed by atoms with E-state index in [0.29, 0.717) is 5.56 Å². The summed E-state index contributed by atoms with van der Waals surface area (Å²) in [5, 5.41) is 14.8. The van der Waals surface area contributed by atoms with Gasteiger partial charge >= 0.3 is 12.3 Å². The molecular weight excluding hydrogens is 576 g/mol. The van der Waals surface area contributed by atoms with Crippen molar-refractivity contribution in [2.45, 2.75) is 48.2 Å². The molecule has 1 aliphatic heterocycles.